The number of rotatable bonds is 5. The number of pyridine rings is 3. The monoisotopic (exact) mass is 419 g/mol. The average molecular weight is 419 g/mol. The molecule has 5 aromatic heterocycles. The molecule has 32 heavy (non-hydrogen) atoms. The Kier molecular flexibility index (Phi) is 4.91. The van der Waals surface area contributed by atoms with E-state index in [2.05, 4.69) is 31.7 Å². The lowest BCUT2D eigenvalue weighted by Crippen LogP contribution is -1.93. The topological polar surface area (TPSA) is 96.0 Å². The summed E-state index contributed by atoms with van der Waals surface area (Å²) in [4.78, 5) is 21.9. The first-order valence-corrected chi connectivity index (χ1v) is 10.2. The number of allylic oxidation sites excluding steroid dienone is 2. The van der Waals surface area contributed by atoms with Gasteiger partial charge in [0.25, 0.3) is 0 Å². The van der Waals surface area contributed by atoms with Crippen LogP contribution in [0.2, 0.25) is 0 Å². The van der Waals surface area contributed by atoms with Gasteiger partial charge in [0, 0.05) is 35.4 Å². The second-order valence-electron chi connectivity index (χ2n) is 7.45. The summed E-state index contributed by atoms with van der Waals surface area (Å²) in [5, 5.41) is 7.57. The standard InChI is InChI=1S/C25H21N7/c1-4-7-17(19-8-5-6-12-27-19)22-16(3)28-25(30-22)24-23-21(31-32-24)10-9-20(29-23)18-14-26-13-11-15(18)2/h4-14H,1H2,2-3H3,(H,28,30)(H,31,32)/b17-7-. The molecule has 0 fully saturated rings. The van der Waals surface area contributed by atoms with E-state index in [0.717, 1.165) is 50.5 Å². The smallest absolute Gasteiger partial charge is 0.161 e. The van der Waals surface area contributed by atoms with Crippen molar-refractivity contribution in [3.05, 3.63) is 96.4 Å². The lowest BCUT2D eigenvalue weighted by Gasteiger charge is -2.04. The minimum atomic E-state index is 0.641. The maximum absolute atomic E-state index is 4.88. The van der Waals surface area contributed by atoms with Gasteiger partial charge in [-0.2, -0.15) is 5.10 Å². The van der Waals surface area contributed by atoms with Crippen molar-refractivity contribution in [2.75, 3.05) is 0 Å². The lowest BCUT2D eigenvalue weighted by molar-refractivity contribution is 1.10. The molecule has 0 atom stereocenters. The van der Waals surface area contributed by atoms with Crippen LogP contribution in [-0.2, 0) is 0 Å². The van der Waals surface area contributed by atoms with E-state index < -0.39 is 0 Å². The number of aromatic nitrogens is 7. The number of fused-ring (bicyclic) bond motifs is 1. The van der Waals surface area contributed by atoms with E-state index in [4.69, 9.17) is 9.97 Å². The van der Waals surface area contributed by atoms with Gasteiger partial charge in [-0.3, -0.25) is 15.1 Å². The summed E-state index contributed by atoms with van der Waals surface area (Å²) in [5.41, 5.74) is 8.63. The van der Waals surface area contributed by atoms with Crippen LogP contribution in [0.1, 0.15) is 22.6 Å². The highest BCUT2D eigenvalue weighted by atomic mass is 15.2. The van der Waals surface area contributed by atoms with Crippen LogP contribution in [0.4, 0.5) is 0 Å². The molecule has 0 bridgehead atoms. The van der Waals surface area contributed by atoms with Crippen LogP contribution in [0, 0.1) is 13.8 Å². The van der Waals surface area contributed by atoms with Crippen molar-refractivity contribution in [3.8, 4) is 22.8 Å². The first-order chi connectivity index (χ1) is 15.7. The van der Waals surface area contributed by atoms with Gasteiger partial charge in [-0.1, -0.05) is 24.8 Å². The summed E-state index contributed by atoms with van der Waals surface area (Å²) in [7, 11) is 0. The average Bonchev–Trinajstić information content (AvgIpc) is 3.41. The van der Waals surface area contributed by atoms with Crippen molar-refractivity contribution < 1.29 is 0 Å². The molecular weight excluding hydrogens is 398 g/mol. The minimum absolute atomic E-state index is 0.641. The highest BCUT2D eigenvalue weighted by Crippen LogP contribution is 2.30. The summed E-state index contributed by atoms with van der Waals surface area (Å²) in [6, 6.07) is 11.7. The summed E-state index contributed by atoms with van der Waals surface area (Å²) in [6.07, 6.45) is 9.04. The molecule has 0 saturated carbocycles. The van der Waals surface area contributed by atoms with Crippen LogP contribution in [-0.4, -0.2) is 35.1 Å². The predicted octanol–water partition coefficient (Wildman–Crippen LogP) is 5.04. The fourth-order valence-electron chi connectivity index (χ4n) is 3.71. The van der Waals surface area contributed by atoms with Crippen LogP contribution in [0.15, 0.2) is 73.7 Å². The zero-order valence-corrected chi connectivity index (χ0v) is 17.8. The molecule has 2 N–H and O–H groups in total. The number of aromatic amines is 2. The number of nitrogens with zero attached hydrogens (tertiary/aromatic N) is 5. The fraction of sp³-hybridized carbons (Fsp3) is 0.0800. The lowest BCUT2D eigenvalue weighted by atomic mass is 10.1. The van der Waals surface area contributed by atoms with Crippen molar-refractivity contribution in [2.45, 2.75) is 13.8 Å². The molecule has 0 radical (unpaired) electrons. The number of hydrogen-bond donors (Lipinski definition) is 2. The molecule has 5 rings (SSSR count). The van der Waals surface area contributed by atoms with Crippen molar-refractivity contribution >= 4 is 16.6 Å². The Bertz CT molecular complexity index is 1460. The molecule has 0 saturated heterocycles. The maximum atomic E-state index is 4.88. The Balaban J connectivity index is 1.63. The van der Waals surface area contributed by atoms with E-state index in [1.165, 1.54) is 0 Å². The van der Waals surface area contributed by atoms with Gasteiger partial charge in [0.1, 0.15) is 5.52 Å². The first-order valence-electron chi connectivity index (χ1n) is 10.2. The number of H-pyrrole nitrogens is 2. The van der Waals surface area contributed by atoms with Gasteiger partial charge in [-0.15, -0.1) is 0 Å². The molecule has 0 aromatic carbocycles. The van der Waals surface area contributed by atoms with Crippen LogP contribution in [0.25, 0.3) is 39.4 Å². The SMILES string of the molecule is C=C/C=C(/c1ccccn1)c1nc(-c2n[nH]c3ccc(-c4cnccc4C)nc23)[nH]c1C. The number of aryl methyl sites for hydroxylation is 2. The number of hydrogen-bond acceptors (Lipinski definition) is 5. The van der Waals surface area contributed by atoms with Crippen LogP contribution < -0.4 is 0 Å². The summed E-state index contributed by atoms with van der Waals surface area (Å²) >= 11 is 0. The Morgan fingerprint density at radius 2 is 1.94 bits per heavy atom. The molecule has 0 amide bonds. The molecule has 7 heteroatoms. The van der Waals surface area contributed by atoms with Gasteiger partial charge in [0.2, 0.25) is 0 Å². The molecule has 7 nitrogen and oxygen atoms in total. The van der Waals surface area contributed by atoms with E-state index in [9.17, 15) is 0 Å². The minimum Gasteiger partial charge on any atom is -0.340 e. The van der Waals surface area contributed by atoms with E-state index in [0.29, 0.717) is 11.5 Å². The molecule has 0 unspecified atom stereocenters. The summed E-state index contributed by atoms with van der Waals surface area (Å²) < 4.78 is 0. The van der Waals surface area contributed by atoms with Crippen molar-refractivity contribution in [3.63, 3.8) is 0 Å². The molecule has 156 valence electrons. The van der Waals surface area contributed by atoms with Crippen molar-refractivity contribution in [1.82, 2.24) is 35.1 Å². The van der Waals surface area contributed by atoms with Crippen LogP contribution >= 0.6 is 0 Å². The Labute approximate surface area is 185 Å². The number of nitrogens with one attached hydrogen (secondary N) is 2. The maximum Gasteiger partial charge on any atom is 0.161 e. The molecular formula is C25H21N7. The van der Waals surface area contributed by atoms with Crippen molar-refractivity contribution in [1.29, 1.82) is 0 Å². The Morgan fingerprint density at radius 3 is 2.72 bits per heavy atom. The zero-order valence-electron chi connectivity index (χ0n) is 17.8. The van der Waals surface area contributed by atoms with Gasteiger partial charge in [0.15, 0.2) is 11.5 Å². The van der Waals surface area contributed by atoms with Gasteiger partial charge in [0.05, 0.1) is 22.6 Å². The van der Waals surface area contributed by atoms with Gasteiger partial charge in [-0.25, -0.2) is 9.97 Å². The van der Waals surface area contributed by atoms with E-state index in [1.54, 1.807) is 18.5 Å². The largest absolute Gasteiger partial charge is 0.340 e. The van der Waals surface area contributed by atoms with Gasteiger partial charge >= 0.3 is 0 Å². The zero-order chi connectivity index (χ0) is 22.1. The highest BCUT2D eigenvalue weighted by molar-refractivity contribution is 5.90. The third-order valence-electron chi connectivity index (χ3n) is 5.31. The molecule has 0 aliphatic heterocycles. The normalized spacial score (nSPS) is 11.8. The molecule has 5 aromatic rings. The third kappa shape index (κ3) is 3.39. The number of imidazole rings is 1. The van der Waals surface area contributed by atoms with Gasteiger partial charge < -0.3 is 4.98 Å². The van der Waals surface area contributed by atoms with Crippen LogP contribution in [0.3, 0.4) is 0 Å². The molecule has 0 aliphatic carbocycles. The third-order valence-corrected chi connectivity index (χ3v) is 5.31. The highest BCUT2D eigenvalue weighted by Gasteiger charge is 2.19. The van der Waals surface area contributed by atoms with Crippen LogP contribution in [0.5, 0.6) is 0 Å². The second kappa shape index (κ2) is 8.03. The summed E-state index contributed by atoms with van der Waals surface area (Å²) in [6.45, 7) is 7.88. The second-order valence-corrected chi connectivity index (χ2v) is 7.45. The molecule has 0 aliphatic rings. The van der Waals surface area contributed by atoms with E-state index in [1.807, 2.05) is 62.5 Å². The Morgan fingerprint density at radius 1 is 1.03 bits per heavy atom. The predicted molar refractivity (Wildman–Crippen MR) is 126 cm³/mol. The van der Waals surface area contributed by atoms with Gasteiger partial charge in [-0.05, 0) is 49.7 Å². The quantitative estimate of drug-likeness (QED) is 0.389. The van der Waals surface area contributed by atoms with E-state index >= 15 is 0 Å². The van der Waals surface area contributed by atoms with E-state index in [-0.39, 0.29) is 0 Å². The fourth-order valence-corrected chi connectivity index (χ4v) is 3.71. The summed E-state index contributed by atoms with van der Waals surface area (Å²) in [5.74, 6) is 0.641. The van der Waals surface area contributed by atoms with Crippen molar-refractivity contribution in [2.24, 2.45) is 0 Å². The molecule has 0 spiro atoms. The first kappa shape index (κ1) is 19.6. The molecule has 5 heterocycles. The Hall–Kier alpha value is -4.39.